The summed E-state index contributed by atoms with van der Waals surface area (Å²) < 4.78 is 10.5. The van der Waals surface area contributed by atoms with E-state index in [2.05, 4.69) is 0 Å². The molecule has 0 radical (unpaired) electrons. The Labute approximate surface area is 106 Å². The largest absolute Gasteiger partial charge is 0.495 e. The lowest BCUT2D eigenvalue weighted by molar-refractivity contribution is 0.0579. The molecule has 4 heteroatoms. The predicted octanol–water partition coefficient (Wildman–Crippen LogP) is 2.96. The summed E-state index contributed by atoms with van der Waals surface area (Å²) in [4.78, 5) is 12.2. The van der Waals surface area contributed by atoms with E-state index in [4.69, 9.17) is 21.1 Å². The number of Topliss-reactive ketones (excluding diaryl/α,β-unsaturated/α-hetero) is 1. The van der Waals surface area contributed by atoms with Crippen molar-refractivity contribution in [3.05, 3.63) is 28.8 Å². The van der Waals surface area contributed by atoms with Gasteiger partial charge in [0.1, 0.15) is 11.9 Å². The second-order valence-electron chi connectivity index (χ2n) is 4.27. The summed E-state index contributed by atoms with van der Waals surface area (Å²) in [6.07, 6.45) is 0.597. The lowest BCUT2D eigenvalue weighted by atomic mass is 9.96. The molecule has 1 heterocycles. The zero-order valence-electron chi connectivity index (χ0n) is 9.90. The number of hydrogen-bond donors (Lipinski definition) is 0. The Balaban J connectivity index is 2.22. The number of halogens is 1. The van der Waals surface area contributed by atoms with Crippen LogP contribution in [0, 0.1) is 5.92 Å². The topological polar surface area (TPSA) is 35.5 Å². The third-order valence-electron chi connectivity index (χ3n) is 3.08. The van der Waals surface area contributed by atoms with Gasteiger partial charge in [-0.1, -0.05) is 18.5 Å². The molecule has 3 nitrogen and oxygen atoms in total. The monoisotopic (exact) mass is 254 g/mol. The molecule has 0 bridgehead atoms. The lowest BCUT2D eigenvalue weighted by Crippen LogP contribution is -2.25. The Bertz CT molecular complexity index is 431. The van der Waals surface area contributed by atoms with Gasteiger partial charge in [-0.3, -0.25) is 4.79 Å². The molecule has 0 amide bonds. The zero-order valence-corrected chi connectivity index (χ0v) is 10.7. The molecule has 0 aliphatic carbocycles. The number of carbonyl (C=O) groups is 1. The molecule has 1 aliphatic rings. The van der Waals surface area contributed by atoms with Crippen LogP contribution in [-0.2, 0) is 4.74 Å². The maximum atomic E-state index is 12.2. The number of hydrogen-bond acceptors (Lipinski definition) is 3. The van der Waals surface area contributed by atoms with E-state index in [0.29, 0.717) is 22.9 Å². The van der Waals surface area contributed by atoms with Crippen molar-refractivity contribution in [3.8, 4) is 5.75 Å². The molecule has 0 saturated carbocycles. The van der Waals surface area contributed by atoms with Crippen molar-refractivity contribution >= 4 is 17.4 Å². The number of carbonyl (C=O) groups excluding carboxylic acids is 1. The first-order valence-corrected chi connectivity index (χ1v) is 6.00. The van der Waals surface area contributed by atoms with Crippen LogP contribution >= 0.6 is 11.6 Å². The lowest BCUT2D eigenvalue weighted by Gasteiger charge is -2.13. The number of ether oxygens (including phenoxy) is 2. The fourth-order valence-electron chi connectivity index (χ4n) is 2.01. The van der Waals surface area contributed by atoms with Crippen LogP contribution in [0.2, 0.25) is 5.02 Å². The van der Waals surface area contributed by atoms with Crippen LogP contribution in [0.15, 0.2) is 18.2 Å². The summed E-state index contributed by atoms with van der Waals surface area (Å²) in [5.41, 5.74) is 0.578. The van der Waals surface area contributed by atoms with Gasteiger partial charge >= 0.3 is 0 Å². The molecule has 1 fully saturated rings. The number of benzene rings is 1. The second kappa shape index (κ2) is 5.07. The van der Waals surface area contributed by atoms with Gasteiger partial charge in [-0.05, 0) is 30.5 Å². The van der Waals surface area contributed by atoms with Gasteiger partial charge in [-0.15, -0.1) is 0 Å². The quantitative estimate of drug-likeness (QED) is 0.778. The van der Waals surface area contributed by atoms with E-state index in [-0.39, 0.29) is 17.8 Å². The Morgan fingerprint density at radius 2 is 2.29 bits per heavy atom. The molecule has 1 aromatic carbocycles. The Kier molecular flexibility index (Phi) is 3.69. The Morgan fingerprint density at radius 3 is 2.82 bits per heavy atom. The molecule has 2 unspecified atom stereocenters. The van der Waals surface area contributed by atoms with Gasteiger partial charge in [-0.2, -0.15) is 0 Å². The molecule has 92 valence electrons. The predicted molar refractivity (Wildman–Crippen MR) is 65.9 cm³/mol. The standard InChI is InChI=1S/C13H15ClO3/c1-8-5-6-17-13(8)12(15)9-3-4-11(16-2)10(14)7-9/h3-4,7-8,13H,5-6H2,1-2H3. The SMILES string of the molecule is COc1ccc(C(=O)C2OCCC2C)cc1Cl. The molecule has 17 heavy (non-hydrogen) atoms. The normalized spacial score (nSPS) is 23.7. The van der Waals surface area contributed by atoms with Crippen LogP contribution in [0.4, 0.5) is 0 Å². The third kappa shape index (κ3) is 2.45. The van der Waals surface area contributed by atoms with E-state index in [1.165, 1.54) is 0 Å². The minimum atomic E-state index is -0.334. The van der Waals surface area contributed by atoms with E-state index >= 15 is 0 Å². The average Bonchev–Trinajstić information content (AvgIpc) is 2.74. The van der Waals surface area contributed by atoms with Crippen LogP contribution in [0.3, 0.4) is 0 Å². The van der Waals surface area contributed by atoms with Gasteiger partial charge in [-0.25, -0.2) is 0 Å². The average molecular weight is 255 g/mol. The van der Waals surface area contributed by atoms with Crippen molar-refractivity contribution in [1.82, 2.24) is 0 Å². The van der Waals surface area contributed by atoms with Crippen molar-refractivity contribution in [2.24, 2.45) is 5.92 Å². The van der Waals surface area contributed by atoms with Crippen LogP contribution in [0.5, 0.6) is 5.75 Å². The maximum absolute atomic E-state index is 12.2. The van der Waals surface area contributed by atoms with Crippen molar-refractivity contribution in [2.45, 2.75) is 19.4 Å². The minimum Gasteiger partial charge on any atom is -0.495 e. The van der Waals surface area contributed by atoms with Crippen LogP contribution in [-0.4, -0.2) is 25.6 Å². The molecule has 2 atom stereocenters. The Morgan fingerprint density at radius 1 is 1.53 bits per heavy atom. The molecule has 2 rings (SSSR count). The molecule has 0 aromatic heterocycles. The van der Waals surface area contributed by atoms with E-state index in [1.807, 2.05) is 6.92 Å². The first kappa shape index (κ1) is 12.4. The Hall–Kier alpha value is -1.06. The van der Waals surface area contributed by atoms with Crippen LogP contribution < -0.4 is 4.74 Å². The highest BCUT2D eigenvalue weighted by Gasteiger charge is 2.31. The zero-order chi connectivity index (χ0) is 12.4. The van der Waals surface area contributed by atoms with Gasteiger partial charge in [0.2, 0.25) is 0 Å². The first-order valence-electron chi connectivity index (χ1n) is 5.63. The number of ketones is 1. The van der Waals surface area contributed by atoms with Crippen molar-refractivity contribution in [3.63, 3.8) is 0 Å². The fraction of sp³-hybridized carbons (Fsp3) is 0.462. The molecule has 1 saturated heterocycles. The summed E-state index contributed by atoms with van der Waals surface area (Å²) in [6.45, 7) is 2.68. The summed E-state index contributed by atoms with van der Waals surface area (Å²) in [5.74, 6) is 0.839. The maximum Gasteiger partial charge on any atom is 0.191 e. The summed E-state index contributed by atoms with van der Waals surface area (Å²) in [5, 5.41) is 0.448. The molecule has 0 N–H and O–H groups in total. The highest BCUT2D eigenvalue weighted by Crippen LogP contribution is 2.28. The smallest absolute Gasteiger partial charge is 0.191 e. The van der Waals surface area contributed by atoms with E-state index in [0.717, 1.165) is 6.42 Å². The van der Waals surface area contributed by atoms with Crippen molar-refractivity contribution < 1.29 is 14.3 Å². The highest BCUT2D eigenvalue weighted by molar-refractivity contribution is 6.32. The number of methoxy groups -OCH3 is 1. The van der Waals surface area contributed by atoms with Crippen molar-refractivity contribution in [2.75, 3.05) is 13.7 Å². The number of rotatable bonds is 3. The first-order chi connectivity index (χ1) is 8.13. The van der Waals surface area contributed by atoms with Gasteiger partial charge < -0.3 is 9.47 Å². The molecule has 0 spiro atoms. The molecular formula is C13H15ClO3. The van der Waals surface area contributed by atoms with Gasteiger partial charge in [0.15, 0.2) is 5.78 Å². The van der Waals surface area contributed by atoms with E-state index in [1.54, 1.807) is 25.3 Å². The summed E-state index contributed by atoms with van der Waals surface area (Å²) in [7, 11) is 1.55. The second-order valence-corrected chi connectivity index (χ2v) is 4.68. The van der Waals surface area contributed by atoms with Crippen LogP contribution in [0.1, 0.15) is 23.7 Å². The molecule has 1 aliphatic heterocycles. The fourth-order valence-corrected chi connectivity index (χ4v) is 2.27. The van der Waals surface area contributed by atoms with Crippen LogP contribution in [0.25, 0.3) is 0 Å². The van der Waals surface area contributed by atoms with E-state index in [9.17, 15) is 4.79 Å². The summed E-state index contributed by atoms with van der Waals surface area (Å²) in [6, 6.07) is 5.06. The minimum absolute atomic E-state index is 0.000414. The molecular weight excluding hydrogens is 240 g/mol. The van der Waals surface area contributed by atoms with E-state index < -0.39 is 0 Å². The summed E-state index contributed by atoms with van der Waals surface area (Å²) >= 11 is 6.00. The highest BCUT2D eigenvalue weighted by atomic mass is 35.5. The van der Waals surface area contributed by atoms with Crippen molar-refractivity contribution in [1.29, 1.82) is 0 Å². The third-order valence-corrected chi connectivity index (χ3v) is 3.38. The van der Waals surface area contributed by atoms with Gasteiger partial charge in [0, 0.05) is 12.2 Å². The van der Waals surface area contributed by atoms with Gasteiger partial charge in [0.25, 0.3) is 0 Å². The van der Waals surface area contributed by atoms with Gasteiger partial charge in [0.05, 0.1) is 12.1 Å². The molecule has 1 aromatic rings.